The lowest BCUT2D eigenvalue weighted by atomic mass is 10.1. The van der Waals surface area contributed by atoms with Crippen LogP contribution >= 0.6 is 0 Å². The van der Waals surface area contributed by atoms with Crippen molar-refractivity contribution >= 4 is 21.6 Å². The third-order valence-corrected chi connectivity index (χ3v) is 4.93. The van der Waals surface area contributed by atoms with Gasteiger partial charge in [-0.1, -0.05) is 6.07 Å². The topological polar surface area (TPSA) is 69.7 Å². The van der Waals surface area contributed by atoms with Gasteiger partial charge in [-0.15, -0.1) is 0 Å². The number of nitrogens with zero attached hydrogens (tertiary/aromatic N) is 2. The molecule has 0 aliphatic carbocycles. The number of hydrogen-bond donors (Lipinski definition) is 1. The third-order valence-electron chi connectivity index (χ3n) is 3.69. The van der Waals surface area contributed by atoms with Crippen LogP contribution in [0.25, 0.3) is 0 Å². The lowest BCUT2D eigenvalue weighted by Crippen LogP contribution is -2.48. The van der Waals surface area contributed by atoms with E-state index in [1.807, 2.05) is 38.9 Å². The number of carbonyl (C=O) groups excluding carboxylic acids is 1. The Hall–Kier alpha value is -1.60. The van der Waals surface area contributed by atoms with Crippen LogP contribution in [0.5, 0.6) is 0 Å². The van der Waals surface area contributed by atoms with Gasteiger partial charge in [-0.05, 0) is 58.1 Å². The van der Waals surface area contributed by atoms with Crippen LogP contribution in [0.3, 0.4) is 0 Å². The molecule has 0 bridgehead atoms. The molecule has 0 spiro atoms. The van der Waals surface area contributed by atoms with Gasteiger partial charge in [-0.2, -0.15) is 0 Å². The van der Waals surface area contributed by atoms with E-state index in [9.17, 15) is 13.2 Å². The Morgan fingerprint density at radius 2 is 1.83 bits per heavy atom. The van der Waals surface area contributed by atoms with E-state index in [4.69, 9.17) is 0 Å². The molecule has 1 aromatic carbocycles. The summed E-state index contributed by atoms with van der Waals surface area (Å²) in [5.74, 6) is -0.310. The van der Waals surface area contributed by atoms with Crippen LogP contribution in [0.2, 0.25) is 0 Å². The Morgan fingerprint density at radius 3 is 2.30 bits per heavy atom. The van der Waals surface area contributed by atoms with Gasteiger partial charge in [0.1, 0.15) is 6.04 Å². The molecule has 23 heavy (non-hydrogen) atoms. The summed E-state index contributed by atoms with van der Waals surface area (Å²) in [5, 5.41) is 2.78. The summed E-state index contributed by atoms with van der Waals surface area (Å²) in [5.41, 5.74) is 2.56. The molecule has 1 rings (SSSR count). The molecule has 7 heteroatoms. The molecule has 1 aromatic rings. The van der Waals surface area contributed by atoms with E-state index in [0.29, 0.717) is 18.8 Å². The van der Waals surface area contributed by atoms with Crippen molar-refractivity contribution in [1.82, 2.24) is 10.2 Å². The Kier molecular flexibility index (Phi) is 6.58. The first kappa shape index (κ1) is 19.4. The molecular weight excluding hydrogens is 314 g/mol. The number of sulfonamides is 1. The Morgan fingerprint density at radius 1 is 1.22 bits per heavy atom. The van der Waals surface area contributed by atoms with Crippen molar-refractivity contribution in [2.75, 3.05) is 37.7 Å². The highest BCUT2D eigenvalue weighted by Gasteiger charge is 2.29. The molecule has 0 radical (unpaired) electrons. The summed E-state index contributed by atoms with van der Waals surface area (Å²) in [6.45, 7) is 6.64. The minimum Gasteiger partial charge on any atom is -0.353 e. The van der Waals surface area contributed by atoms with Crippen LogP contribution in [-0.4, -0.2) is 58.7 Å². The zero-order chi connectivity index (χ0) is 17.8. The highest BCUT2D eigenvalue weighted by atomic mass is 32.2. The fraction of sp³-hybridized carbons (Fsp3) is 0.562. The second-order valence-corrected chi connectivity index (χ2v) is 7.96. The highest BCUT2D eigenvalue weighted by Crippen LogP contribution is 2.23. The van der Waals surface area contributed by atoms with E-state index >= 15 is 0 Å². The van der Waals surface area contributed by atoms with E-state index < -0.39 is 16.1 Å². The van der Waals surface area contributed by atoms with Crippen molar-refractivity contribution < 1.29 is 13.2 Å². The minimum absolute atomic E-state index is 0.310. The molecule has 0 aliphatic rings. The smallest absolute Gasteiger partial charge is 0.243 e. The highest BCUT2D eigenvalue weighted by molar-refractivity contribution is 7.92. The molecular formula is C16H27N3O3S. The number of nitrogens with one attached hydrogen (secondary N) is 1. The molecule has 0 aliphatic heterocycles. The Labute approximate surface area is 139 Å². The molecule has 6 nitrogen and oxygen atoms in total. The van der Waals surface area contributed by atoms with Gasteiger partial charge in [-0.3, -0.25) is 9.10 Å². The Bertz CT molecular complexity index is 657. The first-order chi connectivity index (χ1) is 10.5. The second-order valence-electron chi connectivity index (χ2n) is 6.10. The van der Waals surface area contributed by atoms with Gasteiger partial charge >= 0.3 is 0 Å². The minimum atomic E-state index is -3.57. The average molecular weight is 341 g/mol. The normalized spacial score (nSPS) is 13.0. The number of amides is 1. The third kappa shape index (κ3) is 5.51. The van der Waals surface area contributed by atoms with Gasteiger partial charge in [0.2, 0.25) is 15.9 Å². The summed E-state index contributed by atoms with van der Waals surface area (Å²) >= 11 is 0. The molecule has 1 N–H and O–H groups in total. The van der Waals surface area contributed by atoms with Crippen LogP contribution in [0.4, 0.5) is 5.69 Å². The molecule has 0 saturated carbocycles. The molecule has 0 heterocycles. The first-order valence-corrected chi connectivity index (χ1v) is 9.38. The van der Waals surface area contributed by atoms with E-state index in [-0.39, 0.29) is 5.91 Å². The monoisotopic (exact) mass is 341 g/mol. The van der Waals surface area contributed by atoms with Crippen LogP contribution < -0.4 is 9.62 Å². The number of carbonyl (C=O) groups is 1. The van der Waals surface area contributed by atoms with Gasteiger partial charge < -0.3 is 10.2 Å². The number of likely N-dealkylation sites (N-methyl/N-ethyl adjacent to an activating group) is 1. The number of aryl methyl sites for hydroxylation is 2. The van der Waals surface area contributed by atoms with Gasteiger partial charge in [0.15, 0.2) is 0 Å². The fourth-order valence-corrected chi connectivity index (χ4v) is 3.39. The van der Waals surface area contributed by atoms with Crippen LogP contribution in [0.15, 0.2) is 18.2 Å². The van der Waals surface area contributed by atoms with Crippen LogP contribution in [-0.2, 0) is 14.8 Å². The van der Waals surface area contributed by atoms with E-state index in [0.717, 1.165) is 17.4 Å². The van der Waals surface area contributed by atoms with E-state index in [2.05, 4.69) is 5.32 Å². The molecule has 1 atom stereocenters. The van der Waals surface area contributed by atoms with E-state index in [1.54, 1.807) is 19.1 Å². The number of rotatable bonds is 7. The van der Waals surface area contributed by atoms with Gasteiger partial charge in [0.25, 0.3) is 0 Å². The van der Waals surface area contributed by atoms with Crippen molar-refractivity contribution in [2.45, 2.75) is 26.8 Å². The SMILES string of the molecule is Cc1ccc(N(C(C)C(=O)NCCN(C)C)S(C)(=O)=O)cc1C. The predicted molar refractivity (Wildman–Crippen MR) is 94.3 cm³/mol. The van der Waals surface area contributed by atoms with Crippen molar-refractivity contribution in [3.8, 4) is 0 Å². The standard InChI is InChI=1S/C16H27N3O3S/c1-12-7-8-15(11-13(12)2)19(23(6,21)22)14(3)16(20)17-9-10-18(4)5/h7-8,11,14H,9-10H2,1-6H3,(H,17,20). The quantitative estimate of drug-likeness (QED) is 0.807. The predicted octanol–water partition coefficient (Wildman–Crippen LogP) is 1.14. The maximum Gasteiger partial charge on any atom is 0.243 e. The lowest BCUT2D eigenvalue weighted by Gasteiger charge is -2.29. The number of anilines is 1. The average Bonchev–Trinajstić information content (AvgIpc) is 2.40. The summed E-state index contributed by atoms with van der Waals surface area (Å²) in [4.78, 5) is 14.2. The summed E-state index contributed by atoms with van der Waals surface area (Å²) < 4.78 is 25.6. The van der Waals surface area contributed by atoms with Gasteiger partial charge in [-0.25, -0.2) is 8.42 Å². The number of hydrogen-bond acceptors (Lipinski definition) is 4. The molecule has 1 unspecified atom stereocenters. The van der Waals surface area contributed by atoms with Crippen molar-refractivity contribution in [3.63, 3.8) is 0 Å². The number of benzene rings is 1. The molecule has 1 amide bonds. The van der Waals surface area contributed by atoms with Gasteiger partial charge in [0.05, 0.1) is 11.9 Å². The summed E-state index contributed by atoms with van der Waals surface area (Å²) in [6, 6.07) is 4.57. The molecule has 0 aromatic heterocycles. The maximum atomic E-state index is 12.3. The van der Waals surface area contributed by atoms with Crippen molar-refractivity contribution in [1.29, 1.82) is 0 Å². The maximum absolute atomic E-state index is 12.3. The van der Waals surface area contributed by atoms with Crippen molar-refractivity contribution in [3.05, 3.63) is 29.3 Å². The summed E-state index contributed by atoms with van der Waals surface area (Å²) in [7, 11) is 0.249. The zero-order valence-electron chi connectivity index (χ0n) is 14.8. The Balaban J connectivity index is 3.02. The van der Waals surface area contributed by atoms with Crippen LogP contribution in [0, 0.1) is 13.8 Å². The molecule has 0 saturated heterocycles. The first-order valence-electron chi connectivity index (χ1n) is 7.53. The zero-order valence-corrected chi connectivity index (χ0v) is 15.6. The van der Waals surface area contributed by atoms with E-state index in [1.165, 1.54) is 4.31 Å². The molecule has 0 fully saturated rings. The summed E-state index contributed by atoms with van der Waals surface area (Å²) in [6.07, 6.45) is 1.12. The second kappa shape index (κ2) is 7.79. The molecule has 130 valence electrons. The lowest BCUT2D eigenvalue weighted by molar-refractivity contribution is -0.121. The van der Waals surface area contributed by atoms with Crippen LogP contribution in [0.1, 0.15) is 18.1 Å². The fourth-order valence-electron chi connectivity index (χ4n) is 2.22. The largest absolute Gasteiger partial charge is 0.353 e. The van der Waals surface area contributed by atoms with Gasteiger partial charge in [0, 0.05) is 13.1 Å². The van der Waals surface area contributed by atoms with Crippen molar-refractivity contribution in [2.24, 2.45) is 0 Å².